The van der Waals surface area contributed by atoms with Crippen molar-refractivity contribution in [2.24, 2.45) is 5.92 Å². The van der Waals surface area contributed by atoms with Crippen molar-refractivity contribution in [2.45, 2.75) is 26.2 Å². The molecule has 0 fully saturated rings. The third-order valence-electron chi connectivity index (χ3n) is 3.96. The molecule has 1 aromatic heterocycles. The van der Waals surface area contributed by atoms with E-state index in [0.717, 1.165) is 12.8 Å². The molecule has 114 valence electrons. The van der Waals surface area contributed by atoms with Gasteiger partial charge in [0.05, 0.1) is 0 Å². The van der Waals surface area contributed by atoms with Crippen molar-refractivity contribution in [3.63, 3.8) is 0 Å². The molecule has 0 saturated carbocycles. The molecule has 2 aromatic rings. The van der Waals surface area contributed by atoms with Gasteiger partial charge < -0.3 is 4.74 Å². The van der Waals surface area contributed by atoms with E-state index in [0.29, 0.717) is 16.4 Å². The Kier molecular flexibility index (Phi) is 4.39. The fourth-order valence-electron chi connectivity index (χ4n) is 2.72. The van der Waals surface area contributed by atoms with Crippen LogP contribution in [0.1, 0.15) is 43.8 Å². The normalized spacial score (nSPS) is 16.9. The summed E-state index contributed by atoms with van der Waals surface area (Å²) >= 11 is 1.51. The van der Waals surface area contributed by atoms with Crippen molar-refractivity contribution < 1.29 is 14.3 Å². The molecule has 1 aliphatic carbocycles. The third kappa shape index (κ3) is 3.28. The summed E-state index contributed by atoms with van der Waals surface area (Å²) in [6.07, 6.45) is 3.24. The molecule has 0 aliphatic heterocycles. The minimum absolute atomic E-state index is 0.177. The largest absolute Gasteiger partial charge is 0.453 e. The van der Waals surface area contributed by atoms with E-state index in [2.05, 4.69) is 6.92 Å². The summed E-state index contributed by atoms with van der Waals surface area (Å²) in [6, 6.07) is 10.8. The van der Waals surface area contributed by atoms with E-state index in [1.165, 1.54) is 28.2 Å². The van der Waals surface area contributed by atoms with Gasteiger partial charge in [0.2, 0.25) is 0 Å². The first-order chi connectivity index (χ1) is 10.6. The van der Waals surface area contributed by atoms with Crippen molar-refractivity contribution in [1.82, 2.24) is 0 Å². The van der Waals surface area contributed by atoms with Gasteiger partial charge in [-0.2, -0.15) is 0 Å². The molecule has 1 aromatic carbocycles. The van der Waals surface area contributed by atoms with Gasteiger partial charge in [-0.05, 0) is 36.8 Å². The average molecular weight is 314 g/mol. The number of aryl methyl sites for hydroxylation is 1. The Morgan fingerprint density at radius 2 is 2.05 bits per heavy atom. The van der Waals surface area contributed by atoms with Gasteiger partial charge in [-0.3, -0.25) is 4.79 Å². The monoisotopic (exact) mass is 314 g/mol. The summed E-state index contributed by atoms with van der Waals surface area (Å²) in [5.41, 5.74) is 1.83. The predicted octanol–water partition coefficient (Wildman–Crippen LogP) is 3.91. The third-order valence-corrected chi connectivity index (χ3v) is 5.18. The molecule has 22 heavy (non-hydrogen) atoms. The fraction of sp³-hybridized carbons (Fsp3) is 0.333. The first-order valence-corrected chi connectivity index (χ1v) is 8.32. The van der Waals surface area contributed by atoms with Crippen LogP contribution in [0.3, 0.4) is 0 Å². The molecule has 0 amide bonds. The van der Waals surface area contributed by atoms with Gasteiger partial charge in [0.15, 0.2) is 12.4 Å². The van der Waals surface area contributed by atoms with E-state index in [1.807, 2.05) is 12.1 Å². The minimum atomic E-state index is -0.392. The van der Waals surface area contributed by atoms with Gasteiger partial charge in [-0.1, -0.05) is 37.3 Å². The Morgan fingerprint density at radius 1 is 1.27 bits per heavy atom. The number of Topliss-reactive ketones (excluding diaryl/α,β-unsaturated/α-hetero) is 1. The maximum absolute atomic E-state index is 12.1. The molecule has 3 nitrogen and oxygen atoms in total. The van der Waals surface area contributed by atoms with Gasteiger partial charge in [-0.25, -0.2) is 4.79 Å². The number of hydrogen-bond acceptors (Lipinski definition) is 4. The number of hydrogen-bond donors (Lipinski definition) is 0. The quantitative estimate of drug-likeness (QED) is 0.635. The smallest absolute Gasteiger partial charge is 0.348 e. The molecular weight excluding hydrogens is 296 g/mol. The molecular formula is C18H18O3S. The highest BCUT2D eigenvalue weighted by Gasteiger charge is 2.21. The van der Waals surface area contributed by atoms with Crippen LogP contribution in [0.5, 0.6) is 0 Å². The van der Waals surface area contributed by atoms with Crippen LogP contribution in [0.15, 0.2) is 36.4 Å². The van der Waals surface area contributed by atoms with Gasteiger partial charge in [0, 0.05) is 10.4 Å². The Hall–Kier alpha value is -1.94. The molecule has 0 saturated heterocycles. The van der Waals surface area contributed by atoms with Crippen LogP contribution in [-0.2, 0) is 17.6 Å². The van der Waals surface area contributed by atoms with E-state index < -0.39 is 5.97 Å². The van der Waals surface area contributed by atoms with Crippen molar-refractivity contribution in [3.8, 4) is 0 Å². The van der Waals surface area contributed by atoms with E-state index in [1.54, 1.807) is 24.3 Å². The molecule has 1 aliphatic rings. The average Bonchev–Trinajstić information content (AvgIpc) is 2.96. The van der Waals surface area contributed by atoms with Crippen molar-refractivity contribution in [2.75, 3.05) is 6.61 Å². The molecule has 4 heteroatoms. The molecule has 0 N–H and O–H groups in total. The lowest BCUT2D eigenvalue weighted by molar-refractivity contribution is 0.0479. The summed E-state index contributed by atoms with van der Waals surface area (Å²) in [5, 5.41) is 0. The zero-order valence-corrected chi connectivity index (χ0v) is 13.3. The lowest BCUT2D eigenvalue weighted by Crippen LogP contribution is -2.13. The van der Waals surface area contributed by atoms with Crippen molar-refractivity contribution in [1.29, 1.82) is 0 Å². The van der Waals surface area contributed by atoms with Gasteiger partial charge in [0.1, 0.15) is 4.88 Å². The number of carbonyl (C=O) groups is 2. The van der Waals surface area contributed by atoms with E-state index >= 15 is 0 Å². The summed E-state index contributed by atoms with van der Waals surface area (Å²) in [6.45, 7) is 2.03. The number of ether oxygens (including phenoxy) is 1. The standard InChI is InChI=1S/C18H18O3S/c1-12-7-8-16-14(9-12)10-17(22-16)18(20)21-11-15(19)13-5-3-2-4-6-13/h2-6,10,12H,7-9,11H2,1H3/t12-/m0/s1. The molecule has 0 spiro atoms. The topological polar surface area (TPSA) is 43.4 Å². The Bertz CT molecular complexity index is 688. The maximum Gasteiger partial charge on any atom is 0.348 e. The van der Waals surface area contributed by atoms with Crippen molar-refractivity contribution in [3.05, 3.63) is 57.3 Å². The van der Waals surface area contributed by atoms with Crippen LogP contribution in [0.4, 0.5) is 0 Å². The second kappa shape index (κ2) is 6.44. The zero-order chi connectivity index (χ0) is 15.5. The van der Waals surface area contributed by atoms with Crippen LogP contribution in [0.25, 0.3) is 0 Å². The molecule has 1 heterocycles. The number of benzene rings is 1. The lowest BCUT2D eigenvalue weighted by Gasteiger charge is -2.16. The number of esters is 1. The molecule has 1 atom stereocenters. The highest BCUT2D eigenvalue weighted by molar-refractivity contribution is 7.14. The van der Waals surface area contributed by atoms with Crippen LogP contribution in [0.2, 0.25) is 0 Å². The van der Waals surface area contributed by atoms with Gasteiger partial charge in [0.25, 0.3) is 0 Å². The molecule has 0 bridgehead atoms. The first kappa shape index (κ1) is 15.0. The number of thiophene rings is 1. The lowest BCUT2D eigenvalue weighted by atomic mass is 9.90. The zero-order valence-electron chi connectivity index (χ0n) is 12.5. The summed E-state index contributed by atoms with van der Waals surface area (Å²) in [5.74, 6) is 0.103. The number of fused-ring (bicyclic) bond motifs is 1. The number of carbonyl (C=O) groups excluding carboxylic acids is 2. The van der Waals surface area contributed by atoms with Gasteiger partial charge >= 0.3 is 5.97 Å². The highest BCUT2D eigenvalue weighted by atomic mass is 32.1. The van der Waals surface area contributed by atoms with E-state index in [-0.39, 0.29) is 12.4 Å². The van der Waals surface area contributed by atoms with Crippen LogP contribution < -0.4 is 0 Å². The molecule has 0 radical (unpaired) electrons. The van der Waals surface area contributed by atoms with Gasteiger partial charge in [-0.15, -0.1) is 11.3 Å². The SMILES string of the molecule is C[C@H]1CCc2sc(C(=O)OCC(=O)c3ccccc3)cc2C1. The summed E-state index contributed by atoms with van der Waals surface area (Å²) in [4.78, 5) is 26.0. The van der Waals surface area contributed by atoms with E-state index in [9.17, 15) is 9.59 Å². The Balaban J connectivity index is 1.62. The second-order valence-electron chi connectivity index (χ2n) is 5.77. The predicted molar refractivity (Wildman–Crippen MR) is 86.6 cm³/mol. The second-order valence-corrected chi connectivity index (χ2v) is 6.91. The Morgan fingerprint density at radius 3 is 2.82 bits per heavy atom. The summed E-state index contributed by atoms with van der Waals surface area (Å²) < 4.78 is 5.17. The van der Waals surface area contributed by atoms with Crippen LogP contribution in [0, 0.1) is 5.92 Å². The molecule has 0 unspecified atom stereocenters. The minimum Gasteiger partial charge on any atom is -0.453 e. The van der Waals surface area contributed by atoms with Crippen molar-refractivity contribution >= 4 is 23.1 Å². The summed E-state index contributed by atoms with van der Waals surface area (Å²) in [7, 11) is 0. The number of rotatable bonds is 4. The highest BCUT2D eigenvalue weighted by Crippen LogP contribution is 2.32. The maximum atomic E-state index is 12.1. The van der Waals surface area contributed by atoms with E-state index in [4.69, 9.17) is 4.74 Å². The first-order valence-electron chi connectivity index (χ1n) is 7.50. The number of ketones is 1. The van der Waals surface area contributed by atoms with Crippen LogP contribution in [-0.4, -0.2) is 18.4 Å². The fourth-order valence-corrected chi connectivity index (χ4v) is 3.82. The van der Waals surface area contributed by atoms with Crippen LogP contribution >= 0.6 is 11.3 Å². The molecule has 3 rings (SSSR count). The Labute approximate surface area is 133 Å².